The molecule has 0 aromatic heterocycles. The Labute approximate surface area is 136 Å². The lowest BCUT2D eigenvalue weighted by Gasteiger charge is -2.12. The summed E-state index contributed by atoms with van der Waals surface area (Å²) in [7, 11) is 0. The second-order valence-corrected chi connectivity index (χ2v) is 6.15. The maximum atomic E-state index is 6.05. The normalized spacial score (nSPS) is 10.8. The largest absolute Gasteiger partial charge is 0.141 e. The van der Waals surface area contributed by atoms with Crippen molar-refractivity contribution in [3.05, 3.63) is 44.4 Å². The smallest absolute Gasteiger partial charge is 0.0560 e. The van der Waals surface area contributed by atoms with Crippen LogP contribution in [-0.4, -0.2) is 0 Å². The molecular weight excluding hydrogens is 350 g/mol. The standard InChI is InChI=1S/C12H6Cl4S2/c13-5-1-7(11(17)9(15)3-5)8-2-6(14)4-10(16)12(8)18/h1-4,17-18H. The molecule has 6 heteroatoms. The number of hydrogen-bond donors (Lipinski definition) is 2. The highest BCUT2D eigenvalue weighted by atomic mass is 35.5. The Morgan fingerprint density at radius 2 is 0.944 bits per heavy atom. The van der Waals surface area contributed by atoms with Crippen LogP contribution in [0, 0.1) is 0 Å². The summed E-state index contributed by atoms with van der Waals surface area (Å²) in [5, 5.41) is 1.95. The van der Waals surface area contributed by atoms with Gasteiger partial charge in [0.1, 0.15) is 0 Å². The first-order chi connectivity index (χ1) is 8.40. The Kier molecular flexibility index (Phi) is 4.69. The zero-order valence-electron chi connectivity index (χ0n) is 8.72. The average molecular weight is 356 g/mol. The summed E-state index contributed by atoms with van der Waals surface area (Å²) in [4.78, 5) is 1.21. The Balaban J connectivity index is 2.77. The van der Waals surface area contributed by atoms with Crippen molar-refractivity contribution in [2.45, 2.75) is 9.79 Å². The lowest BCUT2D eigenvalue weighted by Crippen LogP contribution is -1.86. The van der Waals surface area contributed by atoms with Crippen LogP contribution in [0.3, 0.4) is 0 Å². The Bertz CT molecular complexity index is 570. The fourth-order valence-electron chi connectivity index (χ4n) is 1.54. The monoisotopic (exact) mass is 354 g/mol. The highest BCUT2D eigenvalue weighted by Gasteiger charge is 2.13. The summed E-state index contributed by atoms with van der Waals surface area (Å²) < 4.78 is 0. The Morgan fingerprint density at radius 1 is 0.611 bits per heavy atom. The first-order valence-corrected chi connectivity index (χ1v) is 7.17. The van der Waals surface area contributed by atoms with E-state index in [0.29, 0.717) is 29.9 Å². The van der Waals surface area contributed by atoms with Crippen molar-refractivity contribution in [2.24, 2.45) is 0 Å². The molecule has 0 aliphatic rings. The molecule has 2 aromatic rings. The lowest BCUT2D eigenvalue weighted by atomic mass is 10.1. The molecule has 0 amide bonds. The zero-order valence-corrected chi connectivity index (χ0v) is 13.5. The number of halogens is 4. The van der Waals surface area contributed by atoms with E-state index in [4.69, 9.17) is 46.4 Å². The van der Waals surface area contributed by atoms with Crippen LogP contribution in [0.25, 0.3) is 11.1 Å². The van der Waals surface area contributed by atoms with Crippen LogP contribution < -0.4 is 0 Å². The predicted octanol–water partition coefficient (Wildman–Crippen LogP) is 6.54. The lowest BCUT2D eigenvalue weighted by molar-refractivity contribution is 1.39. The summed E-state index contributed by atoms with van der Waals surface area (Å²) in [6, 6.07) is 6.74. The molecule has 0 bridgehead atoms. The van der Waals surface area contributed by atoms with Crippen LogP contribution in [0.5, 0.6) is 0 Å². The van der Waals surface area contributed by atoms with Gasteiger partial charge in [0, 0.05) is 19.8 Å². The quantitative estimate of drug-likeness (QED) is 0.532. The third kappa shape index (κ3) is 2.90. The van der Waals surface area contributed by atoms with E-state index in [0.717, 1.165) is 11.1 Å². The van der Waals surface area contributed by atoms with E-state index in [1.165, 1.54) is 0 Å². The third-order valence-corrected chi connectivity index (χ3v) is 4.61. The molecule has 18 heavy (non-hydrogen) atoms. The molecule has 0 fully saturated rings. The van der Waals surface area contributed by atoms with Gasteiger partial charge >= 0.3 is 0 Å². The summed E-state index contributed by atoms with van der Waals surface area (Å²) in [5.74, 6) is 0. The number of hydrogen-bond acceptors (Lipinski definition) is 2. The molecule has 0 spiro atoms. The van der Waals surface area contributed by atoms with Crippen molar-refractivity contribution in [2.75, 3.05) is 0 Å². The van der Waals surface area contributed by atoms with Crippen molar-refractivity contribution < 1.29 is 0 Å². The van der Waals surface area contributed by atoms with E-state index < -0.39 is 0 Å². The first kappa shape index (κ1) is 14.7. The van der Waals surface area contributed by atoms with Gasteiger partial charge in [-0.3, -0.25) is 0 Å². The van der Waals surface area contributed by atoms with E-state index in [1.807, 2.05) is 0 Å². The van der Waals surface area contributed by atoms with Crippen LogP contribution in [-0.2, 0) is 0 Å². The molecule has 94 valence electrons. The third-order valence-electron chi connectivity index (χ3n) is 2.35. The van der Waals surface area contributed by atoms with Crippen molar-refractivity contribution in [3.8, 4) is 11.1 Å². The van der Waals surface area contributed by atoms with E-state index >= 15 is 0 Å². The second kappa shape index (κ2) is 5.74. The Hall–Kier alpha value is 0.300. The molecule has 0 atom stereocenters. The Morgan fingerprint density at radius 3 is 1.28 bits per heavy atom. The minimum absolute atomic E-state index is 0.463. The average Bonchev–Trinajstić information content (AvgIpc) is 2.28. The maximum Gasteiger partial charge on any atom is 0.0560 e. The van der Waals surface area contributed by atoms with Gasteiger partial charge in [-0.15, -0.1) is 25.3 Å². The maximum absolute atomic E-state index is 6.05. The summed E-state index contributed by atoms with van der Waals surface area (Å²) in [5.41, 5.74) is 1.48. The molecule has 0 N–H and O–H groups in total. The fraction of sp³-hybridized carbons (Fsp3) is 0. The topological polar surface area (TPSA) is 0 Å². The summed E-state index contributed by atoms with van der Waals surface area (Å²) >= 11 is 32.8. The van der Waals surface area contributed by atoms with Crippen LogP contribution in [0.1, 0.15) is 0 Å². The van der Waals surface area contributed by atoms with Crippen molar-refractivity contribution in [1.29, 1.82) is 0 Å². The molecular formula is C12H6Cl4S2. The van der Waals surface area contributed by atoms with Gasteiger partial charge in [0.15, 0.2) is 0 Å². The van der Waals surface area contributed by atoms with Crippen molar-refractivity contribution >= 4 is 71.7 Å². The number of benzene rings is 2. The van der Waals surface area contributed by atoms with Crippen LogP contribution in [0.4, 0.5) is 0 Å². The van der Waals surface area contributed by atoms with E-state index in [2.05, 4.69) is 25.3 Å². The molecule has 0 aliphatic carbocycles. The molecule has 2 aromatic carbocycles. The van der Waals surface area contributed by atoms with Gasteiger partial charge in [-0.1, -0.05) is 46.4 Å². The van der Waals surface area contributed by atoms with E-state index in [9.17, 15) is 0 Å². The molecule has 0 aliphatic heterocycles. The summed E-state index contributed by atoms with van der Waals surface area (Å²) in [6.45, 7) is 0. The highest BCUT2D eigenvalue weighted by molar-refractivity contribution is 7.81. The predicted molar refractivity (Wildman–Crippen MR) is 86.4 cm³/mol. The SMILES string of the molecule is Sc1c(Cl)cc(Cl)cc1-c1cc(Cl)cc(Cl)c1S. The van der Waals surface area contributed by atoms with Gasteiger partial charge in [-0.05, 0) is 35.4 Å². The van der Waals surface area contributed by atoms with Crippen LogP contribution in [0.15, 0.2) is 34.1 Å². The molecule has 0 nitrogen and oxygen atoms in total. The minimum atomic E-state index is 0.463. The minimum Gasteiger partial charge on any atom is -0.141 e. The molecule has 0 radical (unpaired) electrons. The first-order valence-electron chi connectivity index (χ1n) is 4.76. The second-order valence-electron chi connectivity index (χ2n) is 3.57. The fourth-order valence-corrected chi connectivity index (χ4v) is 3.03. The van der Waals surface area contributed by atoms with Gasteiger partial charge in [-0.2, -0.15) is 0 Å². The van der Waals surface area contributed by atoms with Gasteiger partial charge in [0.25, 0.3) is 0 Å². The van der Waals surface area contributed by atoms with Crippen molar-refractivity contribution in [3.63, 3.8) is 0 Å². The van der Waals surface area contributed by atoms with Gasteiger partial charge in [-0.25, -0.2) is 0 Å². The van der Waals surface area contributed by atoms with Crippen molar-refractivity contribution in [1.82, 2.24) is 0 Å². The summed E-state index contributed by atoms with van der Waals surface area (Å²) in [6.07, 6.45) is 0. The molecule has 0 saturated heterocycles. The highest BCUT2D eigenvalue weighted by Crippen LogP contribution is 2.41. The van der Waals surface area contributed by atoms with Crippen LogP contribution in [0.2, 0.25) is 20.1 Å². The van der Waals surface area contributed by atoms with Gasteiger partial charge in [0.05, 0.1) is 10.0 Å². The molecule has 0 saturated carbocycles. The zero-order chi connectivity index (χ0) is 13.4. The molecule has 0 heterocycles. The van der Waals surface area contributed by atoms with Gasteiger partial charge < -0.3 is 0 Å². The number of thiol groups is 2. The van der Waals surface area contributed by atoms with Crippen LogP contribution >= 0.6 is 71.7 Å². The number of rotatable bonds is 1. The van der Waals surface area contributed by atoms with E-state index in [1.54, 1.807) is 24.3 Å². The van der Waals surface area contributed by atoms with Gasteiger partial charge in [0.2, 0.25) is 0 Å². The molecule has 0 unspecified atom stereocenters. The molecule has 2 rings (SSSR count). The van der Waals surface area contributed by atoms with E-state index in [-0.39, 0.29) is 0 Å².